The maximum Gasteiger partial charge on any atom is 0.228 e. The van der Waals surface area contributed by atoms with Crippen LogP contribution >= 0.6 is 0 Å². The summed E-state index contributed by atoms with van der Waals surface area (Å²) in [4.78, 5) is 10.7. The number of amides is 1. The van der Waals surface area contributed by atoms with Crippen LogP contribution in [0.3, 0.4) is 0 Å². The topological polar surface area (TPSA) is 29.1 Å². The lowest BCUT2D eigenvalue weighted by Crippen LogP contribution is -2.08. The molecule has 1 rings (SSSR count). The minimum atomic E-state index is 0.145. The van der Waals surface area contributed by atoms with Crippen LogP contribution in [0.1, 0.15) is 32.6 Å². The Morgan fingerprint density at radius 1 is 1.70 bits per heavy atom. The fourth-order valence-corrected chi connectivity index (χ4v) is 1.06. The molecule has 0 radical (unpaired) electrons. The molecule has 1 N–H and O–H groups in total. The minimum absolute atomic E-state index is 0.145. The van der Waals surface area contributed by atoms with Crippen LogP contribution in [0, 0.1) is 0 Å². The molecule has 56 valence electrons. The summed E-state index contributed by atoms with van der Waals surface area (Å²) in [5.74, 6) is 0.145. The molecule has 0 unspecified atom stereocenters. The maximum atomic E-state index is 10.7. The predicted molar refractivity (Wildman–Crippen MR) is 40.4 cm³/mol. The molecule has 0 aliphatic carbocycles. The molecule has 0 saturated heterocycles. The first-order valence-electron chi connectivity index (χ1n) is 3.80. The van der Waals surface area contributed by atoms with Gasteiger partial charge in [-0.3, -0.25) is 4.79 Å². The van der Waals surface area contributed by atoms with Crippen molar-refractivity contribution in [1.29, 1.82) is 0 Å². The summed E-state index contributed by atoms with van der Waals surface area (Å²) in [6.45, 7) is 2.16. The van der Waals surface area contributed by atoms with Gasteiger partial charge in [0.1, 0.15) is 0 Å². The monoisotopic (exact) mass is 139 g/mol. The van der Waals surface area contributed by atoms with Crippen molar-refractivity contribution in [3.8, 4) is 0 Å². The van der Waals surface area contributed by atoms with Crippen molar-refractivity contribution in [1.82, 2.24) is 5.32 Å². The second-order valence-electron chi connectivity index (χ2n) is 2.65. The molecule has 1 aliphatic heterocycles. The molecule has 0 saturated carbocycles. The zero-order valence-electron chi connectivity index (χ0n) is 6.31. The van der Waals surface area contributed by atoms with Gasteiger partial charge in [-0.2, -0.15) is 0 Å². The molecule has 0 aromatic carbocycles. The molecule has 1 heterocycles. The molecule has 0 aromatic rings. The first kappa shape index (κ1) is 7.32. The Morgan fingerprint density at radius 2 is 2.50 bits per heavy atom. The fourth-order valence-electron chi connectivity index (χ4n) is 1.06. The summed E-state index contributed by atoms with van der Waals surface area (Å²) in [7, 11) is 0. The van der Waals surface area contributed by atoms with Crippen molar-refractivity contribution >= 4 is 5.91 Å². The highest BCUT2D eigenvalue weighted by molar-refractivity contribution is 5.82. The summed E-state index contributed by atoms with van der Waals surface area (Å²) < 4.78 is 0. The number of hydrogen-bond donors (Lipinski definition) is 1. The van der Waals surface area contributed by atoms with E-state index in [1.165, 1.54) is 18.4 Å². The molecular weight excluding hydrogens is 126 g/mol. The molecule has 1 aliphatic rings. The third-order valence-electron chi connectivity index (χ3n) is 1.68. The van der Waals surface area contributed by atoms with Gasteiger partial charge in [0, 0.05) is 12.6 Å². The maximum absolute atomic E-state index is 10.7. The Balaban J connectivity index is 2.23. The van der Waals surface area contributed by atoms with Crippen LogP contribution in [0.15, 0.2) is 11.8 Å². The molecule has 0 bridgehead atoms. The van der Waals surface area contributed by atoms with E-state index in [1.54, 1.807) is 0 Å². The Kier molecular flexibility index (Phi) is 2.49. The lowest BCUT2D eigenvalue weighted by atomic mass is 10.1. The van der Waals surface area contributed by atoms with Crippen LogP contribution in [0.25, 0.3) is 0 Å². The third kappa shape index (κ3) is 1.87. The van der Waals surface area contributed by atoms with E-state index in [4.69, 9.17) is 0 Å². The van der Waals surface area contributed by atoms with Crippen LogP contribution in [-0.2, 0) is 4.79 Å². The molecule has 0 atom stereocenters. The van der Waals surface area contributed by atoms with Crippen molar-refractivity contribution in [2.45, 2.75) is 32.6 Å². The van der Waals surface area contributed by atoms with Crippen LogP contribution in [-0.4, -0.2) is 5.91 Å². The number of rotatable bonds is 3. The lowest BCUT2D eigenvalue weighted by molar-refractivity contribution is -0.118. The van der Waals surface area contributed by atoms with E-state index in [-0.39, 0.29) is 5.91 Å². The first-order chi connectivity index (χ1) is 4.83. The molecule has 2 heteroatoms. The summed E-state index contributed by atoms with van der Waals surface area (Å²) >= 11 is 0. The first-order valence-corrected chi connectivity index (χ1v) is 3.80. The molecule has 1 amide bonds. The Labute approximate surface area is 61.3 Å². The smallest absolute Gasteiger partial charge is 0.228 e. The average molecular weight is 139 g/mol. The number of carbonyl (C=O) groups excluding carboxylic acids is 1. The quantitative estimate of drug-likeness (QED) is 0.632. The molecule has 0 fully saturated rings. The standard InChI is InChI=1S/C8H13NO/c1-2-3-4-7-5-8(10)9-6-7/h6H,2-5H2,1H3,(H,9,10). The van der Waals surface area contributed by atoms with Crippen molar-refractivity contribution in [3.05, 3.63) is 11.8 Å². The second kappa shape index (κ2) is 3.40. The van der Waals surface area contributed by atoms with Crippen molar-refractivity contribution in [2.24, 2.45) is 0 Å². The lowest BCUT2D eigenvalue weighted by Gasteiger charge is -1.94. The Hall–Kier alpha value is -0.790. The van der Waals surface area contributed by atoms with E-state index in [0.717, 1.165) is 6.42 Å². The molecule has 2 nitrogen and oxygen atoms in total. The van der Waals surface area contributed by atoms with Gasteiger partial charge in [-0.05, 0) is 18.4 Å². The van der Waals surface area contributed by atoms with Gasteiger partial charge in [0.2, 0.25) is 5.91 Å². The molecular formula is C8H13NO. The van der Waals surface area contributed by atoms with E-state index >= 15 is 0 Å². The highest BCUT2D eigenvalue weighted by atomic mass is 16.1. The van der Waals surface area contributed by atoms with Gasteiger partial charge in [-0.25, -0.2) is 0 Å². The van der Waals surface area contributed by atoms with E-state index in [2.05, 4.69) is 12.2 Å². The van der Waals surface area contributed by atoms with Crippen molar-refractivity contribution in [2.75, 3.05) is 0 Å². The predicted octanol–water partition coefficient (Wildman–Crippen LogP) is 1.58. The minimum Gasteiger partial charge on any atom is -0.332 e. The molecule has 0 aromatic heterocycles. The van der Waals surface area contributed by atoms with E-state index in [1.807, 2.05) is 6.20 Å². The number of carbonyl (C=O) groups is 1. The van der Waals surface area contributed by atoms with E-state index in [9.17, 15) is 4.79 Å². The number of unbranched alkanes of at least 4 members (excludes halogenated alkanes) is 1. The van der Waals surface area contributed by atoms with Crippen LogP contribution in [0.5, 0.6) is 0 Å². The average Bonchev–Trinajstić information content (AvgIpc) is 2.31. The van der Waals surface area contributed by atoms with Crippen LogP contribution in [0.2, 0.25) is 0 Å². The largest absolute Gasteiger partial charge is 0.332 e. The fraction of sp³-hybridized carbons (Fsp3) is 0.625. The normalized spacial score (nSPS) is 16.9. The van der Waals surface area contributed by atoms with Gasteiger partial charge in [0.15, 0.2) is 0 Å². The van der Waals surface area contributed by atoms with Gasteiger partial charge in [-0.15, -0.1) is 0 Å². The van der Waals surface area contributed by atoms with Crippen molar-refractivity contribution in [3.63, 3.8) is 0 Å². The number of hydrogen-bond acceptors (Lipinski definition) is 1. The zero-order chi connectivity index (χ0) is 7.40. The van der Waals surface area contributed by atoms with E-state index < -0.39 is 0 Å². The van der Waals surface area contributed by atoms with Gasteiger partial charge >= 0.3 is 0 Å². The highest BCUT2D eigenvalue weighted by Crippen LogP contribution is 2.13. The summed E-state index contributed by atoms with van der Waals surface area (Å²) in [5.41, 5.74) is 1.26. The molecule has 0 spiro atoms. The second-order valence-corrected chi connectivity index (χ2v) is 2.65. The van der Waals surface area contributed by atoms with Gasteiger partial charge in [-0.1, -0.05) is 13.3 Å². The van der Waals surface area contributed by atoms with Gasteiger partial charge in [0.25, 0.3) is 0 Å². The van der Waals surface area contributed by atoms with Gasteiger partial charge < -0.3 is 5.32 Å². The summed E-state index contributed by atoms with van der Waals surface area (Å²) in [6.07, 6.45) is 5.94. The van der Waals surface area contributed by atoms with Crippen LogP contribution < -0.4 is 5.32 Å². The van der Waals surface area contributed by atoms with Crippen LogP contribution in [0.4, 0.5) is 0 Å². The van der Waals surface area contributed by atoms with Gasteiger partial charge in [0.05, 0.1) is 0 Å². The Bertz CT molecular complexity index is 161. The zero-order valence-corrected chi connectivity index (χ0v) is 6.31. The molecule has 10 heavy (non-hydrogen) atoms. The highest BCUT2D eigenvalue weighted by Gasteiger charge is 2.10. The van der Waals surface area contributed by atoms with Crippen molar-refractivity contribution < 1.29 is 4.79 Å². The summed E-state index contributed by atoms with van der Waals surface area (Å²) in [6, 6.07) is 0. The van der Waals surface area contributed by atoms with E-state index in [0.29, 0.717) is 6.42 Å². The Morgan fingerprint density at radius 3 is 3.00 bits per heavy atom. The SMILES string of the molecule is CCCCC1=CNC(=O)C1. The number of nitrogens with one attached hydrogen (secondary N) is 1. The summed E-state index contributed by atoms with van der Waals surface area (Å²) in [5, 5.41) is 2.68. The third-order valence-corrected chi connectivity index (χ3v) is 1.68.